The standard InChI is InChI=1S/C12H19BrN2OS/c1-2-3-4-10(14)12(16)15-8-7-9-5-6-11(13)17-9/h5-6,10H,2-4,7-8,14H2,1H3,(H,15,16). The van der Waals surface area contributed by atoms with Gasteiger partial charge in [0.25, 0.3) is 0 Å². The summed E-state index contributed by atoms with van der Waals surface area (Å²) in [6.45, 7) is 2.75. The van der Waals surface area contributed by atoms with Crippen molar-refractivity contribution in [2.24, 2.45) is 5.73 Å². The second-order valence-corrected chi connectivity index (χ2v) is 6.54. The van der Waals surface area contributed by atoms with Crippen molar-refractivity contribution in [2.45, 2.75) is 38.6 Å². The molecule has 1 rings (SSSR count). The molecule has 0 fully saturated rings. The van der Waals surface area contributed by atoms with E-state index in [0.29, 0.717) is 6.54 Å². The third-order valence-corrected chi connectivity index (χ3v) is 4.19. The Morgan fingerprint density at radius 2 is 2.35 bits per heavy atom. The van der Waals surface area contributed by atoms with E-state index in [0.717, 1.165) is 29.5 Å². The maximum absolute atomic E-state index is 11.6. The second kappa shape index (κ2) is 7.84. The van der Waals surface area contributed by atoms with E-state index in [1.165, 1.54) is 4.88 Å². The van der Waals surface area contributed by atoms with Crippen LogP contribution in [0, 0.1) is 0 Å². The number of thiophene rings is 1. The van der Waals surface area contributed by atoms with Crippen LogP contribution in [-0.4, -0.2) is 18.5 Å². The van der Waals surface area contributed by atoms with E-state index in [-0.39, 0.29) is 11.9 Å². The van der Waals surface area contributed by atoms with E-state index in [1.807, 2.05) is 6.07 Å². The van der Waals surface area contributed by atoms with Gasteiger partial charge in [-0.3, -0.25) is 4.79 Å². The van der Waals surface area contributed by atoms with Gasteiger partial charge in [-0.1, -0.05) is 19.8 Å². The SMILES string of the molecule is CCCCC(N)C(=O)NCCc1ccc(Br)s1. The highest BCUT2D eigenvalue weighted by Gasteiger charge is 2.11. The van der Waals surface area contributed by atoms with Gasteiger partial charge in [0.1, 0.15) is 0 Å². The van der Waals surface area contributed by atoms with Crippen molar-refractivity contribution in [3.63, 3.8) is 0 Å². The van der Waals surface area contributed by atoms with E-state index in [2.05, 4.69) is 34.2 Å². The maximum Gasteiger partial charge on any atom is 0.236 e. The zero-order chi connectivity index (χ0) is 12.7. The van der Waals surface area contributed by atoms with E-state index in [1.54, 1.807) is 11.3 Å². The summed E-state index contributed by atoms with van der Waals surface area (Å²) in [5.41, 5.74) is 5.77. The van der Waals surface area contributed by atoms with Gasteiger partial charge >= 0.3 is 0 Å². The third-order valence-electron chi connectivity index (χ3n) is 2.50. The van der Waals surface area contributed by atoms with Crippen LogP contribution in [0.4, 0.5) is 0 Å². The van der Waals surface area contributed by atoms with Crippen molar-refractivity contribution >= 4 is 33.2 Å². The van der Waals surface area contributed by atoms with E-state index in [9.17, 15) is 4.79 Å². The quantitative estimate of drug-likeness (QED) is 0.812. The first-order valence-electron chi connectivity index (χ1n) is 5.91. The molecule has 96 valence electrons. The van der Waals surface area contributed by atoms with Crippen LogP contribution in [0.1, 0.15) is 31.1 Å². The molecular formula is C12H19BrN2OS. The number of hydrogen-bond donors (Lipinski definition) is 2. The van der Waals surface area contributed by atoms with Gasteiger partial charge in [0, 0.05) is 11.4 Å². The van der Waals surface area contributed by atoms with Crippen LogP contribution in [0.3, 0.4) is 0 Å². The molecule has 3 nitrogen and oxygen atoms in total. The van der Waals surface area contributed by atoms with Gasteiger partial charge in [-0.25, -0.2) is 0 Å². The number of nitrogens with one attached hydrogen (secondary N) is 1. The van der Waals surface area contributed by atoms with Crippen LogP contribution >= 0.6 is 27.3 Å². The van der Waals surface area contributed by atoms with Gasteiger partial charge in [0.05, 0.1) is 9.83 Å². The van der Waals surface area contributed by atoms with Crippen LogP contribution in [0.25, 0.3) is 0 Å². The first kappa shape index (κ1) is 14.7. The third kappa shape index (κ3) is 5.66. The molecular weight excluding hydrogens is 300 g/mol. The van der Waals surface area contributed by atoms with Crippen molar-refractivity contribution in [1.29, 1.82) is 0 Å². The molecule has 17 heavy (non-hydrogen) atoms. The van der Waals surface area contributed by atoms with Gasteiger partial charge in [0.15, 0.2) is 0 Å². The summed E-state index contributed by atoms with van der Waals surface area (Å²) in [6.07, 6.45) is 3.71. The van der Waals surface area contributed by atoms with Gasteiger partial charge in [-0.2, -0.15) is 0 Å². The predicted molar refractivity (Wildman–Crippen MR) is 76.2 cm³/mol. The summed E-state index contributed by atoms with van der Waals surface area (Å²) in [7, 11) is 0. The molecule has 0 saturated heterocycles. The number of hydrogen-bond acceptors (Lipinski definition) is 3. The highest BCUT2D eigenvalue weighted by Crippen LogP contribution is 2.21. The molecule has 0 spiro atoms. The number of halogens is 1. The Balaban J connectivity index is 2.19. The molecule has 1 amide bonds. The molecule has 0 aliphatic heterocycles. The molecule has 1 aromatic rings. The number of rotatable bonds is 7. The summed E-state index contributed by atoms with van der Waals surface area (Å²) in [5.74, 6) is -0.0333. The molecule has 0 aliphatic carbocycles. The van der Waals surface area contributed by atoms with Crippen molar-refractivity contribution in [3.8, 4) is 0 Å². The Hall–Kier alpha value is -0.390. The molecule has 0 aromatic carbocycles. The molecule has 5 heteroatoms. The van der Waals surface area contributed by atoms with E-state index < -0.39 is 0 Å². The summed E-state index contributed by atoms with van der Waals surface area (Å²) < 4.78 is 1.12. The zero-order valence-corrected chi connectivity index (χ0v) is 12.4. The van der Waals surface area contributed by atoms with Gasteiger partial charge < -0.3 is 11.1 Å². The van der Waals surface area contributed by atoms with Crippen LogP contribution in [-0.2, 0) is 11.2 Å². The lowest BCUT2D eigenvalue weighted by Crippen LogP contribution is -2.41. The fourth-order valence-electron chi connectivity index (χ4n) is 1.48. The molecule has 3 N–H and O–H groups in total. The fraction of sp³-hybridized carbons (Fsp3) is 0.583. The van der Waals surface area contributed by atoms with Crippen molar-refractivity contribution < 1.29 is 4.79 Å². The summed E-state index contributed by atoms with van der Waals surface area (Å²) >= 11 is 5.11. The Morgan fingerprint density at radius 3 is 2.94 bits per heavy atom. The smallest absolute Gasteiger partial charge is 0.236 e. The fourth-order valence-corrected chi connectivity index (χ4v) is 2.96. The lowest BCUT2D eigenvalue weighted by molar-refractivity contribution is -0.122. The van der Waals surface area contributed by atoms with E-state index in [4.69, 9.17) is 5.73 Å². The lowest BCUT2D eigenvalue weighted by Gasteiger charge is -2.11. The predicted octanol–water partition coefficient (Wildman–Crippen LogP) is 2.69. The van der Waals surface area contributed by atoms with Gasteiger partial charge in [-0.15, -0.1) is 11.3 Å². The van der Waals surface area contributed by atoms with Crippen molar-refractivity contribution in [3.05, 3.63) is 20.8 Å². The topological polar surface area (TPSA) is 55.1 Å². The molecule has 0 saturated carbocycles. The minimum Gasteiger partial charge on any atom is -0.354 e. The first-order chi connectivity index (χ1) is 8.13. The number of carbonyl (C=O) groups excluding carboxylic acids is 1. The molecule has 1 aromatic heterocycles. The molecule has 0 aliphatic rings. The molecule has 1 heterocycles. The number of amides is 1. The molecule has 1 unspecified atom stereocenters. The van der Waals surface area contributed by atoms with Crippen LogP contribution < -0.4 is 11.1 Å². The van der Waals surface area contributed by atoms with Crippen LogP contribution in [0.5, 0.6) is 0 Å². The summed E-state index contributed by atoms with van der Waals surface area (Å²) in [4.78, 5) is 12.9. The average molecular weight is 319 g/mol. The Bertz CT molecular complexity index is 354. The zero-order valence-electron chi connectivity index (χ0n) is 10.0. The van der Waals surface area contributed by atoms with Crippen LogP contribution in [0.2, 0.25) is 0 Å². The highest BCUT2D eigenvalue weighted by atomic mass is 79.9. The molecule has 0 radical (unpaired) electrons. The largest absolute Gasteiger partial charge is 0.354 e. The monoisotopic (exact) mass is 318 g/mol. The van der Waals surface area contributed by atoms with Gasteiger partial charge in [0.2, 0.25) is 5.91 Å². The Morgan fingerprint density at radius 1 is 1.59 bits per heavy atom. The Kier molecular flexibility index (Phi) is 6.77. The number of nitrogens with two attached hydrogens (primary N) is 1. The number of unbranched alkanes of at least 4 members (excludes halogenated alkanes) is 1. The van der Waals surface area contributed by atoms with Crippen molar-refractivity contribution in [2.75, 3.05) is 6.54 Å². The van der Waals surface area contributed by atoms with Gasteiger partial charge in [-0.05, 0) is 40.9 Å². The minimum atomic E-state index is -0.356. The molecule has 1 atom stereocenters. The normalized spacial score (nSPS) is 12.4. The highest BCUT2D eigenvalue weighted by molar-refractivity contribution is 9.11. The minimum absolute atomic E-state index is 0.0333. The lowest BCUT2D eigenvalue weighted by atomic mass is 10.1. The average Bonchev–Trinajstić information content (AvgIpc) is 2.71. The summed E-state index contributed by atoms with van der Waals surface area (Å²) in [5, 5.41) is 2.88. The van der Waals surface area contributed by atoms with E-state index >= 15 is 0 Å². The van der Waals surface area contributed by atoms with Crippen molar-refractivity contribution in [1.82, 2.24) is 5.32 Å². The Labute approximate surface area is 115 Å². The number of carbonyl (C=O) groups is 1. The maximum atomic E-state index is 11.6. The molecule has 0 bridgehead atoms. The van der Waals surface area contributed by atoms with Crippen LogP contribution in [0.15, 0.2) is 15.9 Å². The summed E-state index contributed by atoms with van der Waals surface area (Å²) in [6, 6.07) is 3.73. The second-order valence-electron chi connectivity index (χ2n) is 4.00. The first-order valence-corrected chi connectivity index (χ1v) is 7.52.